The maximum atomic E-state index is 8.72. The quantitative estimate of drug-likeness (QED) is 0.483. The molecule has 0 rings (SSSR count). The molecule has 11 heavy (non-hydrogen) atoms. The summed E-state index contributed by atoms with van der Waals surface area (Å²) in [5.74, 6) is 0. The summed E-state index contributed by atoms with van der Waals surface area (Å²) in [5, 5.41) is 0. The van der Waals surface area contributed by atoms with Crippen LogP contribution in [-0.2, 0) is 22.4 Å². The van der Waals surface area contributed by atoms with Gasteiger partial charge < -0.3 is 0 Å². The van der Waals surface area contributed by atoms with E-state index in [9.17, 15) is 0 Å². The molecule has 0 N–H and O–H groups in total. The molecular weight excluding hydrogens is 398 g/mol. The van der Waals surface area contributed by atoms with Gasteiger partial charge in [0.1, 0.15) is 0 Å². The average Bonchev–Trinajstić information content (AvgIpc) is 0.439. The Morgan fingerprint density at radius 1 is 0.364 bits per heavy atom. The molecule has 0 unspecified atom stereocenters. The third-order valence-corrected chi connectivity index (χ3v) is 0. The molecule has 0 spiro atoms. The fourth-order valence-corrected chi connectivity index (χ4v) is 0. The number of rotatable bonds is 0. The van der Waals surface area contributed by atoms with Crippen molar-refractivity contribution in [2.75, 3.05) is 0 Å². The topological polar surface area (TPSA) is 171 Å². The minimum absolute atomic E-state index is 8.72. The van der Waals surface area contributed by atoms with E-state index in [-0.39, 0.29) is 0 Å². The summed E-state index contributed by atoms with van der Waals surface area (Å²) in [6.45, 7) is 0. The van der Waals surface area contributed by atoms with Crippen LogP contribution in [-0.4, -0.2) is 0 Å². The molecule has 0 saturated heterocycles. The monoisotopic (exact) mass is 398 g/mol. The van der Waals surface area contributed by atoms with Gasteiger partial charge in [0, 0.05) is 0 Å². The zero-order valence-electron chi connectivity index (χ0n) is 4.58. The summed E-state index contributed by atoms with van der Waals surface area (Å²) in [6, 6.07) is 0. The van der Waals surface area contributed by atoms with Gasteiger partial charge in [-0.05, 0) is 0 Å². The predicted octanol–water partition coefficient (Wildman–Crippen LogP) is -1.19. The molecule has 0 aliphatic rings. The first-order valence-corrected chi connectivity index (χ1v) is 19.0. The molecule has 0 bridgehead atoms. The Morgan fingerprint density at radius 3 is 0.364 bits per heavy atom. The SMILES string of the molecule is [O]=[U+2](=[O])(=[O])(=[O])(=[O])(=[O])(=[O])(=[O])(=[O])=[O]. The second kappa shape index (κ2) is 0.302. The number of hydrogen-bond donors (Lipinski definition) is 0. The van der Waals surface area contributed by atoms with E-state index in [0.29, 0.717) is 0 Å². The Labute approximate surface area is 37.2 Å². The van der Waals surface area contributed by atoms with Crippen molar-refractivity contribution in [1.29, 1.82) is 0 Å². The fraction of sp³-hybridized carbons (Fsp3) is 0. The third kappa shape index (κ3) is 501. The molecule has 0 aliphatic carbocycles. The van der Waals surface area contributed by atoms with Crippen LogP contribution in [0.3, 0.4) is 0 Å². The molecule has 0 radical (unpaired) electrons. The first-order chi connectivity index (χ1) is 3.16. The molecule has 11 heteroatoms. The first kappa shape index (κ1) is 10.1. The fourth-order valence-electron chi connectivity index (χ4n) is 0. The van der Waals surface area contributed by atoms with Crippen molar-refractivity contribution in [3.8, 4) is 0 Å². The Balaban J connectivity index is 14.5. The molecule has 0 saturated carbocycles. The Bertz CT molecular complexity index is 1500. The van der Waals surface area contributed by atoms with Crippen molar-refractivity contribution in [3.63, 3.8) is 0 Å². The van der Waals surface area contributed by atoms with Gasteiger partial charge in [-0.3, -0.25) is 0 Å². The van der Waals surface area contributed by atoms with E-state index in [1.54, 1.807) is 0 Å². The second-order valence-corrected chi connectivity index (χ2v) is 35.0. The Morgan fingerprint density at radius 2 is 0.364 bits per heavy atom. The first-order valence-electron chi connectivity index (χ1n) is 2.04. The summed E-state index contributed by atoms with van der Waals surface area (Å²) in [6.07, 6.45) is 0. The summed E-state index contributed by atoms with van der Waals surface area (Å²) in [5.41, 5.74) is 0. The van der Waals surface area contributed by atoms with Crippen molar-refractivity contribution in [2.45, 2.75) is 0 Å². The van der Waals surface area contributed by atoms with E-state index in [4.69, 9.17) is 22.4 Å². The van der Waals surface area contributed by atoms with Crippen molar-refractivity contribution in [3.05, 3.63) is 0 Å². The van der Waals surface area contributed by atoms with E-state index in [1.165, 1.54) is 0 Å². The van der Waals surface area contributed by atoms with Gasteiger partial charge in [-0.2, -0.15) is 0 Å². The van der Waals surface area contributed by atoms with Crippen molar-refractivity contribution in [1.82, 2.24) is 0 Å². The molecule has 0 aromatic rings. The van der Waals surface area contributed by atoms with Gasteiger partial charge in [0.25, 0.3) is 0 Å². The van der Waals surface area contributed by atoms with E-state index in [1.807, 2.05) is 0 Å². The van der Waals surface area contributed by atoms with Gasteiger partial charge >= 0.3 is 37.0 Å². The summed E-state index contributed by atoms with van der Waals surface area (Å²) < 4.78 is 87.2. The van der Waals surface area contributed by atoms with Crippen LogP contribution in [0.4, 0.5) is 0 Å². The summed E-state index contributed by atoms with van der Waals surface area (Å²) in [4.78, 5) is 0. The van der Waals surface area contributed by atoms with Gasteiger partial charge in [-0.1, -0.05) is 0 Å². The molecule has 10 nitrogen and oxygen atoms in total. The molecule has 0 fully saturated rings. The van der Waals surface area contributed by atoms with Crippen LogP contribution in [0.5, 0.6) is 0 Å². The second-order valence-electron chi connectivity index (χ2n) is 3.75. The van der Waals surface area contributed by atoms with E-state index in [0.717, 1.165) is 0 Å². The maximum absolute atomic E-state index is 17.0. The van der Waals surface area contributed by atoms with Crippen LogP contribution in [0.1, 0.15) is 0 Å². The van der Waals surface area contributed by atoms with Crippen molar-refractivity contribution in [2.24, 2.45) is 0 Å². The van der Waals surface area contributed by atoms with Crippen LogP contribution in [0, 0.1) is 14.6 Å². The molecule has 0 amide bonds. The van der Waals surface area contributed by atoms with Gasteiger partial charge in [-0.15, -0.1) is 0 Å². The zero-order valence-corrected chi connectivity index (χ0v) is 8.75. The Kier molecular flexibility index (Phi) is 0.276. The molecule has 0 aromatic heterocycles. The molecule has 62 valence electrons. The standard InChI is InChI=1S/10O.U/q;;;;;;;;;;+2. The van der Waals surface area contributed by atoms with Gasteiger partial charge in [-0.25, -0.2) is 0 Å². The van der Waals surface area contributed by atoms with Crippen LogP contribution in [0.25, 0.3) is 0 Å². The summed E-state index contributed by atoms with van der Waals surface area (Å²) >= 11 is -17.0. The Hall–Kier alpha value is -0.948. The molecule has 0 aromatic carbocycles. The minimum atomic E-state index is -17.0. The van der Waals surface area contributed by atoms with Gasteiger partial charge in [0.2, 0.25) is 0 Å². The zero-order chi connectivity index (χ0) is 10.3. The predicted molar refractivity (Wildman–Crippen MR) is 6.86 cm³/mol. The van der Waals surface area contributed by atoms with Gasteiger partial charge in [0.05, 0.1) is 0 Å². The van der Waals surface area contributed by atoms with Crippen molar-refractivity contribution >= 4 is 0 Å². The van der Waals surface area contributed by atoms with Crippen LogP contribution in [0.2, 0.25) is 0 Å². The van der Waals surface area contributed by atoms with E-state index >= 15 is 0 Å². The summed E-state index contributed by atoms with van der Waals surface area (Å²) in [7, 11) is 0. The van der Waals surface area contributed by atoms with Gasteiger partial charge in [0.15, 0.2) is 0 Å². The molecular formula is O10U+2. The molecule has 0 heterocycles. The van der Waals surface area contributed by atoms with Crippen LogP contribution in [0.15, 0.2) is 0 Å². The van der Waals surface area contributed by atoms with E-state index in [2.05, 4.69) is 0 Å². The van der Waals surface area contributed by atoms with E-state index < -0.39 is 14.6 Å². The van der Waals surface area contributed by atoms with Crippen molar-refractivity contribution < 1.29 is 37.0 Å². The molecule has 0 atom stereocenters. The average molecular weight is 398 g/mol. The third-order valence-electron chi connectivity index (χ3n) is 0. The van der Waals surface area contributed by atoms with Crippen LogP contribution >= 0.6 is 0 Å². The van der Waals surface area contributed by atoms with Crippen LogP contribution < -0.4 is 0 Å². The normalized spacial score (nSPS) is 38.2. The number of hydrogen-bond acceptors (Lipinski definition) is 10. The molecule has 0 aliphatic heterocycles.